The van der Waals surface area contributed by atoms with E-state index in [2.05, 4.69) is 15.4 Å². The minimum absolute atomic E-state index is 0.0106. The summed E-state index contributed by atoms with van der Waals surface area (Å²) in [6.45, 7) is 0.0106. The smallest absolute Gasteiger partial charge is 0.322 e. The number of amides is 3. The maximum atomic E-state index is 12.7. The van der Waals surface area contributed by atoms with Crippen LogP contribution in [0.4, 0.5) is 4.79 Å². The Morgan fingerprint density at radius 3 is 2.70 bits per heavy atom. The van der Waals surface area contributed by atoms with E-state index in [1.165, 1.54) is 12.1 Å². The molecule has 2 atom stereocenters. The van der Waals surface area contributed by atoms with E-state index >= 15 is 0 Å². The summed E-state index contributed by atoms with van der Waals surface area (Å²) in [6, 6.07) is 11.6. The molecular formula is C20H19N3O6S. The van der Waals surface area contributed by atoms with Gasteiger partial charge in [-0.2, -0.15) is 0 Å². The first-order valence-corrected chi connectivity index (χ1v) is 11.1. The molecule has 1 aliphatic heterocycles. The third kappa shape index (κ3) is 2.99. The van der Waals surface area contributed by atoms with E-state index in [1.54, 1.807) is 6.07 Å². The first kappa shape index (κ1) is 18.9. The Bertz CT molecular complexity index is 1230. The Balaban J connectivity index is 1.34. The predicted octanol–water partition coefficient (Wildman–Crippen LogP) is 2.35. The number of rotatable bonds is 5. The molecule has 1 saturated carbocycles. The number of furan rings is 2. The van der Waals surface area contributed by atoms with Crippen molar-refractivity contribution < 1.29 is 26.8 Å². The van der Waals surface area contributed by atoms with Gasteiger partial charge in [-0.25, -0.2) is 17.9 Å². The molecule has 2 unspecified atom stereocenters. The van der Waals surface area contributed by atoms with Crippen LogP contribution in [-0.2, 0) is 14.8 Å². The van der Waals surface area contributed by atoms with E-state index in [-0.39, 0.29) is 17.6 Å². The third-order valence-corrected chi connectivity index (χ3v) is 7.12. The maximum Gasteiger partial charge on any atom is 0.322 e. The van der Waals surface area contributed by atoms with Gasteiger partial charge in [0, 0.05) is 17.8 Å². The van der Waals surface area contributed by atoms with Crippen molar-refractivity contribution in [1.82, 2.24) is 15.4 Å². The normalized spacial score (nSPS) is 23.9. The van der Waals surface area contributed by atoms with E-state index in [0.717, 1.165) is 11.8 Å². The highest BCUT2D eigenvalue weighted by Gasteiger charge is 2.54. The Morgan fingerprint density at radius 2 is 1.93 bits per heavy atom. The van der Waals surface area contributed by atoms with E-state index in [1.807, 2.05) is 24.3 Å². The van der Waals surface area contributed by atoms with Crippen molar-refractivity contribution in [2.75, 3.05) is 6.54 Å². The summed E-state index contributed by atoms with van der Waals surface area (Å²) in [4.78, 5) is 23.8. The lowest BCUT2D eigenvalue weighted by Gasteiger charge is -2.27. The van der Waals surface area contributed by atoms with Gasteiger partial charge in [0.15, 0.2) is 11.5 Å². The number of hydrogen-bond donors (Lipinski definition) is 3. The number of carbonyl (C=O) groups excluding carboxylic acids is 2. The number of fused-ring (bicyclic) bond motifs is 1. The Morgan fingerprint density at radius 1 is 1.10 bits per heavy atom. The number of urea groups is 1. The molecule has 5 rings (SSSR count). The summed E-state index contributed by atoms with van der Waals surface area (Å²) in [7, 11) is -3.94. The molecule has 1 spiro atoms. The minimum atomic E-state index is -3.94. The molecule has 0 bridgehead atoms. The summed E-state index contributed by atoms with van der Waals surface area (Å²) in [5, 5.41) is 5.56. The zero-order valence-electron chi connectivity index (χ0n) is 15.8. The molecule has 30 heavy (non-hydrogen) atoms. The van der Waals surface area contributed by atoms with Crippen LogP contribution in [0.1, 0.15) is 19.3 Å². The fourth-order valence-electron chi connectivity index (χ4n) is 4.30. The molecule has 3 aromatic rings. The van der Waals surface area contributed by atoms with Crippen molar-refractivity contribution in [1.29, 1.82) is 0 Å². The van der Waals surface area contributed by atoms with Gasteiger partial charge in [-0.05, 0) is 37.1 Å². The zero-order valence-corrected chi connectivity index (χ0v) is 16.6. The van der Waals surface area contributed by atoms with Crippen LogP contribution in [0, 0.1) is 5.92 Å². The molecule has 2 fully saturated rings. The van der Waals surface area contributed by atoms with Crippen LogP contribution in [0.5, 0.6) is 0 Å². The summed E-state index contributed by atoms with van der Waals surface area (Å²) < 4.78 is 39.2. The molecule has 9 nitrogen and oxygen atoms in total. The van der Waals surface area contributed by atoms with Crippen molar-refractivity contribution in [3.8, 4) is 11.5 Å². The summed E-state index contributed by atoms with van der Waals surface area (Å²) in [6.07, 6.45) is 1.82. The van der Waals surface area contributed by atoms with E-state index in [9.17, 15) is 18.0 Å². The Kier molecular flexibility index (Phi) is 4.23. The topological polar surface area (TPSA) is 131 Å². The largest absolute Gasteiger partial charge is 0.453 e. The lowest BCUT2D eigenvalue weighted by Crippen LogP contribution is -2.53. The van der Waals surface area contributed by atoms with Crippen molar-refractivity contribution in [2.45, 2.75) is 29.9 Å². The standard InChI is InChI=1S/C20H19N3O6S/c24-18-20(23-19(25)22-18)9-3-5-13(20)11-21-30(26,27)17-8-7-15(29-17)16-10-12-4-1-2-6-14(12)28-16/h1-2,4,6-8,10,13,21H,3,5,9,11H2,(H2,22,23,24,25). The molecular weight excluding hydrogens is 410 g/mol. The van der Waals surface area contributed by atoms with Gasteiger partial charge in [0.05, 0.1) is 0 Å². The van der Waals surface area contributed by atoms with Crippen LogP contribution in [0.3, 0.4) is 0 Å². The van der Waals surface area contributed by atoms with Gasteiger partial charge >= 0.3 is 6.03 Å². The average Bonchev–Trinajstić information content (AvgIpc) is 3.47. The maximum absolute atomic E-state index is 12.7. The molecule has 10 heteroatoms. The van der Waals surface area contributed by atoms with Gasteiger partial charge in [-0.1, -0.05) is 24.6 Å². The van der Waals surface area contributed by atoms with Crippen LogP contribution in [0.2, 0.25) is 0 Å². The van der Waals surface area contributed by atoms with E-state index in [0.29, 0.717) is 29.9 Å². The van der Waals surface area contributed by atoms with Gasteiger partial charge in [-0.15, -0.1) is 0 Å². The molecule has 1 aromatic carbocycles. The van der Waals surface area contributed by atoms with Crippen molar-refractivity contribution in [3.63, 3.8) is 0 Å². The molecule has 156 valence electrons. The molecule has 3 amide bonds. The van der Waals surface area contributed by atoms with Crippen LogP contribution >= 0.6 is 0 Å². The highest BCUT2D eigenvalue weighted by atomic mass is 32.2. The second kappa shape index (κ2) is 6.71. The molecule has 2 aromatic heterocycles. The summed E-state index contributed by atoms with van der Waals surface area (Å²) in [5.74, 6) is -0.0213. The molecule has 3 heterocycles. The number of sulfonamides is 1. The van der Waals surface area contributed by atoms with Gasteiger partial charge in [-0.3, -0.25) is 10.1 Å². The van der Waals surface area contributed by atoms with Gasteiger partial charge in [0.2, 0.25) is 5.09 Å². The van der Waals surface area contributed by atoms with Crippen molar-refractivity contribution in [2.24, 2.45) is 5.92 Å². The van der Waals surface area contributed by atoms with Crippen molar-refractivity contribution in [3.05, 3.63) is 42.5 Å². The quantitative estimate of drug-likeness (QED) is 0.534. The zero-order chi connectivity index (χ0) is 20.9. The first-order valence-electron chi connectivity index (χ1n) is 9.59. The fraction of sp³-hybridized carbons (Fsp3) is 0.300. The molecule has 0 radical (unpaired) electrons. The third-order valence-electron chi connectivity index (χ3n) is 5.82. The second-order valence-corrected chi connectivity index (χ2v) is 9.29. The fourth-order valence-corrected chi connectivity index (χ4v) is 5.31. The van der Waals surface area contributed by atoms with Crippen molar-refractivity contribution >= 4 is 32.9 Å². The average molecular weight is 429 g/mol. The highest BCUT2D eigenvalue weighted by Crippen LogP contribution is 2.38. The Labute approximate surface area is 171 Å². The molecule has 1 aliphatic carbocycles. The molecule has 2 aliphatic rings. The van der Waals surface area contributed by atoms with E-state index < -0.39 is 27.5 Å². The van der Waals surface area contributed by atoms with Crippen LogP contribution in [0.25, 0.3) is 22.5 Å². The highest BCUT2D eigenvalue weighted by molar-refractivity contribution is 7.89. The second-order valence-electron chi connectivity index (χ2n) is 7.59. The summed E-state index contributed by atoms with van der Waals surface area (Å²) in [5.41, 5.74) is -0.378. The number of hydrogen-bond acceptors (Lipinski definition) is 6. The first-order chi connectivity index (χ1) is 14.4. The number of benzene rings is 1. The lowest BCUT2D eigenvalue weighted by molar-refractivity contribution is -0.125. The SMILES string of the molecule is O=C1NC(=O)C2(CCCC2CNS(=O)(=O)c2ccc(-c3cc4ccccc4o3)o2)N1. The summed E-state index contributed by atoms with van der Waals surface area (Å²) >= 11 is 0. The van der Waals surface area contributed by atoms with Gasteiger partial charge in [0.1, 0.15) is 11.1 Å². The molecule has 1 saturated heterocycles. The Hall–Kier alpha value is -3.11. The van der Waals surface area contributed by atoms with Crippen LogP contribution in [0.15, 0.2) is 56.4 Å². The monoisotopic (exact) mass is 429 g/mol. The van der Waals surface area contributed by atoms with Crippen LogP contribution in [-0.4, -0.2) is 32.4 Å². The number of imide groups is 1. The number of para-hydroxylation sites is 1. The van der Waals surface area contributed by atoms with Gasteiger partial charge < -0.3 is 14.2 Å². The minimum Gasteiger partial charge on any atom is -0.453 e. The number of carbonyl (C=O) groups is 2. The van der Waals surface area contributed by atoms with E-state index in [4.69, 9.17) is 8.83 Å². The van der Waals surface area contributed by atoms with Gasteiger partial charge in [0.25, 0.3) is 15.9 Å². The number of nitrogens with one attached hydrogen (secondary N) is 3. The predicted molar refractivity (Wildman–Crippen MR) is 106 cm³/mol. The van der Waals surface area contributed by atoms with Crippen LogP contribution < -0.4 is 15.4 Å². The molecule has 3 N–H and O–H groups in total. The lowest BCUT2D eigenvalue weighted by atomic mass is 9.87.